The van der Waals surface area contributed by atoms with Crippen LogP contribution in [0.25, 0.3) is 0 Å². The molecule has 0 aliphatic carbocycles. The van der Waals surface area contributed by atoms with Crippen LogP contribution in [0.15, 0.2) is 0 Å². The van der Waals surface area contributed by atoms with Crippen molar-refractivity contribution in [3.8, 4) is 0 Å². The van der Waals surface area contributed by atoms with Crippen LogP contribution in [0, 0.1) is 5.92 Å². The second-order valence-corrected chi connectivity index (χ2v) is 6.15. The summed E-state index contributed by atoms with van der Waals surface area (Å²) >= 11 is 0. The lowest BCUT2D eigenvalue weighted by Crippen LogP contribution is -2.62. The first-order chi connectivity index (χ1) is 9.56. The number of hydrogen-bond donors (Lipinski definition) is 0. The standard InChI is InChI=1S/C14H23N3O3/c1-10(18)17-7-11(8-17)14(19)16-4-3-13-12(9-16)15(2)5-6-20-13/h11-13H,3-9H2,1-2H3/t12-,13-/m1/s1. The Morgan fingerprint density at radius 3 is 2.55 bits per heavy atom. The molecule has 3 saturated heterocycles. The molecule has 0 aromatic rings. The molecule has 0 aromatic carbocycles. The number of hydrogen-bond acceptors (Lipinski definition) is 4. The maximum absolute atomic E-state index is 12.5. The molecule has 3 aliphatic heterocycles. The van der Waals surface area contributed by atoms with Crippen LogP contribution in [0.4, 0.5) is 0 Å². The highest BCUT2D eigenvalue weighted by Crippen LogP contribution is 2.25. The quantitative estimate of drug-likeness (QED) is 0.644. The second-order valence-electron chi connectivity index (χ2n) is 6.15. The van der Waals surface area contributed by atoms with Gasteiger partial charge in [0.2, 0.25) is 11.8 Å². The van der Waals surface area contributed by atoms with Gasteiger partial charge in [0, 0.05) is 39.6 Å². The summed E-state index contributed by atoms with van der Waals surface area (Å²) in [6.45, 7) is 6.00. The fraction of sp³-hybridized carbons (Fsp3) is 0.857. The van der Waals surface area contributed by atoms with Gasteiger partial charge in [0.15, 0.2) is 0 Å². The first-order valence-electron chi connectivity index (χ1n) is 7.42. The van der Waals surface area contributed by atoms with E-state index < -0.39 is 0 Å². The number of likely N-dealkylation sites (tertiary alicyclic amines) is 2. The summed E-state index contributed by atoms with van der Waals surface area (Å²) in [5.41, 5.74) is 0. The van der Waals surface area contributed by atoms with Gasteiger partial charge in [-0.25, -0.2) is 0 Å². The Bertz CT molecular complexity index is 408. The molecule has 0 N–H and O–H groups in total. The zero-order chi connectivity index (χ0) is 14.3. The Labute approximate surface area is 119 Å². The highest BCUT2D eigenvalue weighted by atomic mass is 16.5. The molecule has 3 heterocycles. The lowest BCUT2D eigenvalue weighted by molar-refractivity contribution is -0.153. The van der Waals surface area contributed by atoms with Gasteiger partial charge in [-0.3, -0.25) is 14.5 Å². The zero-order valence-corrected chi connectivity index (χ0v) is 12.2. The number of fused-ring (bicyclic) bond motifs is 1. The highest BCUT2D eigenvalue weighted by molar-refractivity contribution is 5.83. The third-order valence-corrected chi connectivity index (χ3v) is 4.85. The van der Waals surface area contributed by atoms with E-state index in [2.05, 4.69) is 11.9 Å². The molecule has 3 fully saturated rings. The summed E-state index contributed by atoms with van der Waals surface area (Å²) in [5.74, 6) is 0.276. The second kappa shape index (κ2) is 5.33. The smallest absolute Gasteiger partial charge is 0.229 e. The number of ether oxygens (including phenoxy) is 1. The molecule has 3 aliphatic rings. The number of amides is 2. The zero-order valence-electron chi connectivity index (χ0n) is 12.2. The average molecular weight is 281 g/mol. The minimum absolute atomic E-state index is 0.00488. The molecular formula is C14H23N3O3. The van der Waals surface area contributed by atoms with Gasteiger partial charge < -0.3 is 14.5 Å². The van der Waals surface area contributed by atoms with Crippen molar-refractivity contribution in [1.82, 2.24) is 14.7 Å². The number of nitrogens with zero attached hydrogens (tertiary/aromatic N) is 3. The van der Waals surface area contributed by atoms with Gasteiger partial charge in [0.05, 0.1) is 24.7 Å². The number of carbonyl (C=O) groups excluding carboxylic acids is 2. The van der Waals surface area contributed by atoms with E-state index in [0.29, 0.717) is 19.1 Å². The fourth-order valence-corrected chi connectivity index (χ4v) is 3.39. The third-order valence-electron chi connectivity index (χ3n) is 4.85. The van der Waals surface area contributed by atoms with Gasteiger partial charge in [-0.15, -0.1) is 0 Å². The predicted molar refractivity (Wildman–Crippen MR) is 73.1 cm³/mol. The molecule has 2 amide bonds. The van der Waals surface area contributed by atoms with E-state index in [4.69, 9.17) is 4.74 Å². The van der Waals surface area contributed by atoms with Crippen molar-refractivity contribution in [2.24, 2.45) is 5.92 Å². The number of morpholine rings is 1. The Balaban J connectivity index is 1.56. The Kier molecular flexibility index (Phi) is 3.69. The lowest BCUT2D eigenvalue weighted by Gasteiger charge is -2.47. The molecule has 0 radical (unpaired) electrons. The van der Waals surface area contributed by atoms with Crippen LogP contribution >= 0.6 is 0 Å². The van der Waals surface area contributed by atoms with Crippen molar-refractivity contribution in [2.45, 2.75) is 25.5 Å². The fourth-order valence-electron chi connectivity index (χ4n) is 3.39. The molecule has 3 rings (SSSR count). The molecule has 6 nitrogen and oxygen atoms in total. The van der Waals surface area contributed by atoms with Crippen LogP contribution in [0.3, 0.4) is 0 Å². The molecule has 6 heteroatoms. The Morgan fingerprint density at radius 1 is 1.10 bits per heavy atom. The molecule has 0 bridgehead atoms. The van der Waals surface area contributed by atoms with Gasteiger partial charge in [0.25, 0.3) is 0 Å². The summed E-state index contributed by atoms with van der Waals surface area (Å²) in [6, 6.07) is 0.324. The molecule has 0 aromatic heterocycles. The highest BCUT2D eigenvalue weighted by Gasteiger charge is 2.41. The minimum atomic E-state index is 0.00488. The normalized spacial score (nSPS) is 31.7. The monoisotopic (exact) mass is 281 g/mol. The van der Waals surface area contributed by atoms with E-state index in [1.807, 2.05) is 4.90 Å². The van der Waals surface area contributed by atoms with Crippen LogP contribution in [-0.4, -0.2) is 85.0 Å². The SMILES string of the molecule is CC(=O)N1CC(C(=O)N2CC[C@H]3OCCN(C)[C@@H]3C2)C1. The summed E-state index contributed by atoms with van der Waals surface area (Å²) < 4.78 is 5.80. The average Bonchev–Trinajstić information content (AvgIpc) is 2.36. The van der Waals surface area contributed by atoms with Crippen LogP contribution in [0.5, 0.6) is 0 Å². The van der Waals surface area contributed by atoms with E-state index in [0.717, 1.165) is 32.7 Å². The third kappa shape index (κ3) is 2.42. The van der Waals surface area contributed by atoms with E-state index >= 15 is 0 Å². The van der Waals surface area contributed by atoms with Crippen molar-refractivity contribution in [3.05, 3.63) is 0 Å². The summed E-state index contributed by atoms with van der Waals surface area (Å²) in [7, 11) is 2.11. The lowest BCUT2D eigenvalue weighted by atomic mass is 9.94. The van der Waals surface area contributed by atoms with Gasteiger partial charge in [-0.1, -0.05) is 0 Å². The van der Waals surface area contributed by atoms with E-state index in [1.54, 1.807) is 11.8 Å². The largest absolute Gasteiger partial charge is 0.375 e. The summed E-state index contributed by atoms with van der Waals surface area (Å²) in [4.78, 5) is 29.6. The van der Waals surface area contributed by atoms with Crippen LogP contribution in [0.1, 0.15) is 13.3 Å². The van der Waals surface area contributed by atoms with Gasteiger partial charge in [0.1, 0.15) is 0 Å². The first-order valence-corrected chi connectivity index (χ1v) is 7.42. The van der Waals surface area contributed by atoms with Crippen molar-refractivity contribution in [3.63, 3.8) is 0 Å². The molecule has 20 heavy (non-hydrogen) atoms. The van der Waals surface area contributed by atoms with E-state index in [-0.39, 0.29) is 23.8 Å². The molecular weight excluding hydrogens is 258 g/mol. The van der Waals surface area contributed by atoms with Gasteiger partial charge in [-0.05, 0) is 13.5 Å². The number of rotatable bonds is 1. The summed E-state index contributed by atoms with van der Waals surface area (Å²) in [5, 5.41) is 0. The van der Waals surface area contributed by atoms with Gasteiger partial charge >= 0.3 is 0 Å². The van der Waals surface area contributed by atoms with Crippen molar-refractivity contribution in [1.29, 1.82) is 0 Å². The van der Waals surface area contributed by atoms with E-state index in [1.165, 1.54) is 0 Å². The Morgan fingerprint density at radius 2 is 1.85 bits per heavy atom. The van der Waals surface area contributed by atoms with Crippen LogP contribution in [-0.2, 0) is 14.3 Å². The van der Waals surface area contributed by atoms with Crippen molar-refractivity contribution in [2.75, 3.05) is 46.4 Å². The number of carbonyl (C=O) groups is 2. The Hall–Kier alpha value is -1.14. The number of likely N-dealkylation sites (N-methyl/N-ethyl adjacent to an activating group) is 1. The molecule has 2 atom stereocenters. The van der Waals surface area contributed by atoms with Gasteiger partial charge in [-0.2, -0.15) is 0 Å². The minimum Gasteiger partial charge on any atom is -0.375 e. The maximum Gasteiger partial charge on any atom is 0.229 e. The van der Waals surface area contributed by atoms with Crippen LogP contribution < -0.4 is 0 Å². The predicted octanol–water partition coefficient (Wildman–Crippen LogP) is -0.604. The number of piperidine rings is 1. The molecule has 112 valence electrons. The van der Waals surface area contributed by atoms with Crippen molar-refractivity contribution >= 4 is 11.8 Å². The topological polar surface area (TPSA) is 53.1 Å². The first kappa shape index (κ1) is 13.8. The molecule has 0 unspecified atom stereocenters. The molecule has 0 saturated carbocycles. The molecule has 0 spiro atoms. The van der Waals surface area contributed by atoms with Crippen LogP contribution in [0.2, 0.25) is 0 Å². The van der Waals surface area contributed by atoms with E-state index in [9.17, 15) is 9.59 Å². The maximum atomic E-state index is 12.5. The summed E-state index contributed by atoms with van der Waals surface area (Å²) in [6.07, 6.45) is 1.19. The van der Waals surface area contributed by atoms with Crippen molar-refractivity contribution < 1.29 is 14.3 Å².